The Labute approximate surface area is 261 Å². The Kier molecular flexibility index (Phi) is 7.65. The molecule has 6 aromatic rings. The van der Waals surface area contributed by atoms with Gasteiger partial charge in [0.05, 0.1) is 22.2 Å². The topological polar surface area (TPSA) is 16.3 Å². The van der Waals surface area contributed by atoms with Crippen molar-refractivity contribution < 1.29 is 26.3 Å². The second-order valence-corrected chi connectivity index (χ2v) is 11.7. The van der Waals surface area contributed by atoms with E-state index in [0.29, 0.717) is 24.5 Å². The van der Waals surface area contributed by atoms with Crippen molar-refractivity contribution in [2.75, 3.05) is 26.2 Å². The molecule has 0 saturated carbocycles. The van der Waals surface area contributed by atoms with Gasteiger partial charge in [0.15, 0.2) is 0 Å². The maximum Gasteiger partial charge on any atom is 0.416 e. The van der Waals surface area contributed by atoms with Crippen LogP contribution in [0.2, 0.25) is 0 Å². The van der Waals surface area contributed by atoms with Crippen molar-refractivity contribution in [3.63, 3.8) is 0 Å². The molecular weight excluding hydrogens is 602 g/mol. The van der Waals surface area contributed by atoms with Gasteiger partial charge in [0.25, 0.3) is 0 Å². The molecule has 0 radical (unpaired) electrons. The first-order valence-corrected chi connectivity index (χ1v) is 15.0. The number of benzene rings is 4. The molecule has 10 heteroatoms. The molecule has 4 nitrogen and oxygen atoms in total. The summed E-state index contributed by atoms with van der Waals surface area (Å²) in [5.41, 5.74) is 3.37. The summed E-state index contributed by atoms with van der Waals surface area (Å²) in [4.78, 5) is 4.70. The van der Waals surface area contributed by atoms with E-state index in [-0.39, 0.29) is 0 Å². The van der Waals surface area contributed by atoms with E-state index < -0.39 is 23.5 Å². The number of fused-ring (bicyclic) bond motifs is 2. The quantitative estimate of drug-likeness (QED) is 0.171. The Morgan fingerprint density at radius 2 is 0.870 bits per heavy atom. The summed E-state index contributed by atoms with van der Waals surface area (Å²) in [6.45, 7) is 4.53. The van der Waals surface area contributed by atoms with Gasteiger partial charge in [-0.15, -0.1) is 0 Å². The van der Waals surface area contributed by atoms with Crippen molar-refractivity contribution in [1.29, 1.82) is 0 Å². The number of hydrogen-bond donors (Lipinski definition) is 0. The van der Waals surface area contributed by atoms with Gasteiger partial charge >= 0.3 is 12.4 Å². The van der Waals surface area contributed by atoms with Gasteiger partial charge in [-0.25, -0.2) is 0 Å². The van der Waals surface area contributed by atoms with Crippen LogP contribution in [0.5, 0.6) is 0 Å². The maximum atomic E-state index is 13.4. The molecule has 46 heavy (non-hydrogen) atoms. The maximum absolute atomic E-state index is 13.4. The Balaban J connectivity index is 1.08. The fourth-order valence-electron chi connectivity index (χ4n) is 6.43. The van der Waals surface area contributed by atoms with E-state index in [1.807, 2.05) is 70.1 Å². The van der Waals surface area contributed by atoms with E-state index in [9.17, 15) is 26.3 Å². The highest BCUT2D eigenvalue weighted by atomic mass is 19.4. The van der Waals surface area contributed by atoms with E-state index in [4.69, 9.17) is 0 Å². The van der Waals surface area contributed by atoms with Crippen molar-refractivity contribution in [3.8, 4) is 11.4 Å². The number of para-hydroxylation sites is 2. The second-order valence-electron chi connectivity index (χ2n) is 11.7. The molecule has 0 spiro atoms. The van der Waals surface area contributed by atoms with Crippen molar-refractivity contribution in [1.82, 2.24) is 18.9 Å². The summed E-state index contributed by atoms with van der Waals surface area (Å²) in [6, 6.07) is 26.3. The molecule has 0 atom stereocenters. The lowest BCUT2D eigenvalue weighted by Crippen LogP contribution is -2.45. The van der Waals surface area contributed by atoms with Crippen LogP contribution in [0.1, 0.15) is 22.3 Å². The lowest BCUT2D eigenvalue weighted by Gasteiger charge is -2.34. The van der Waals surface area contributed by atoms with Crippen molar-refractivity contribution in [2.45, 2.75) is 25.4 Å². The molecule has 1 fully saturated rings. The number of aromatic nitrogens is 2. The highest BCUT2D eigenvalue weighted by Crippen LogP contribution is 2.34. The van der Waals surface area contributed by atoms with Crippen LogP contribution in [-0.4, -0.2) is 45.1 Å². The summed E-state index contributed by atoms with van der Waals surface area (Å²) in [5.74, 6) is 0. The average Bonchev–Trinajstić information content (AvgIpc) is 3.60. The van der Waals surface area contributed by atoms with Gasteiger partial charge in [0.2, 0.25) is 0 Å². The van der Waals surface area contributed by atoms with Gasteiger partial charge < -0.3 is 9.13 Å². The normalized spacial score (nSPS) is 15.3. The number of piperazine rings is 1. The molecule has 0 unspecified atom stereocenters. The monoisotopic (exact) mass is 632 g/mol. The molecule has 7 rings (SSSR count). The van der Waals surface area contributed by atoms with Gasteiger partial charge in [-0.2, -0.15) is 26.3 Å². The molecule has 3 heterocycles. The van der Waals surface area contributed by atoms with E-state index in [1.165, 1.54) is 24.3 Å². The molecule has 4 aromatic carbocycles. The average molecular weight is 633 g/mol. The third-order valence-corrected chi connectivity index (χ3v) is 8.75. The lowest BCUT2D eigenvalue weighted by atomic mass is 10.1. The van der Waals surface area contributed by atoms with Crippen LogP contribution in [0.3, 0.4) is 0 Å². The molecular formula is C36H30F6N4. The lowest BCUT2D eigenvalue weighted by molar-refractivity contribution is -0.138. The van der Waals surface area contributed by atoms with Crippen LogP contribution in [-0.2, 0) is 25.4 Å². The number of halogens is 6. The predicted octanol–water partition coefficient (Wildman–Crippen LogP) is 8.93. The summed E-state index contributed by atoms with van der Waals surface area (Å²) < 4.78 is 84.3. The number of hydrogen-bond acceptors (Lipinski definition) is 2. The first kappa shape index (κ1) is 30.1. The van der Waals surface area contributed by atoms with Gasteiger partial charge in [0, 0.05) is 73.8 Å². The van der Waals surface area contributed by atoms with Crippen molar-refractivity contribution >= 4 is 21.8 Å². The van der Waals surface area contributed by atoms with Crippen LogP contribution >= 0.6 is 0 Å². The molecule has 1 aliphatic heterocycles. The molecule has 236 valence electrons. The Morgan fingerprint density at radius 3 is 1.26 bits per heavy atom. The van der Waals surface area contributed by atoms with E-state index in [2.05, 4.69) is 9.80 Å². The summed E-state index contributed by atoms with van der Waals surface area (Å²) in [6.07, 6.45) is -4.96. The Hall–Kier alpha value is -4.54. The molecule has 0 bridgehead atoms. The molecule has 1 saturated heterocycles. The SMILES string of the molecule is FC(F)(F)c1cccc(-n2cc(CN3CCN(Cc4cn(-c5cccc(C(F)(F)F)c5)c5ccccc45)CC3)c3ccccc32)c1. The summed E-state index contributed by atoms with van der Waals surface area (Å²) in [7, 11) is 0. The first-order valence-electron chi connectivity index (χ1n) is 15.0. The van der Waals surface area contributed by atoms with E-state index in [1.54, 1.807) is 12.1 Å². The van der Waals surface area contributed by atoms with Crippen molar-refractivity contribution in [2.24, 2.45) is 0 Å². The van der Waals surface area contributed by atoms with Crippen LogP contribution in [0.15, 0.2) is 109 Å². The molecule has 1 aliphatic rings. The highest BCUT2D eigenvalue weighted by molar-refractivity contribution is 5.86. The number of rotatable bonds is 6. The van der Waals surface area contributed by atoms with Crippen molar-refractivity contribution in [3.05, 3.63) is 132 Å². The Bertz CT molecular complexity index is 1870. The van der Waals surface area contributed by atoms with Crippen LogP contribution in [0.25, 0.3) is 33.2 Å². The third kappa shape index (κ3) is 5.90. The fourth-order valence-corrected chi connectivity index (χ4v) is 6.43. The molecule has 0 aliphatic carbocycles. The van der Waals surface area contributed by atoms with Crippen LogP contribution in [0, 0.1) is 0 Å². The van der Waals surface area contributed by atoms with Gasteiger partial charge in [-0.3, -0.25) is 9.80 Å². The zero-order valence-electron chi connectivity index (χ0n) is 24.7. The highest BCUT2D eigenvalue weighted by Gasteiger charge is 2.32. The summed E-state index contributed by atoms with van der Waals surface area (Å²) in [5, 5.41) is 2.01. The minimum Gasteiger partial charge on any atom is -0.316 e. The number of alkyl halides is 6. The molecule has 0 amide bonds. The zero-order chi connectivity index (χ0) is 32.1. The van der Waals surface area contributed by atoms with Gasteiger partial charge in [0.1, 0.15) is 0 Å². The second kappa shape index (κ2) is 11.7. The smallest absolute Gasteiger partial charge is 0.316 e. The third-order valence-electron chi connectivity index (χ3n) is 8.75. The standard InChI is InChI=1S/C36H30F6N4/c37-35(38,39)27-7-5-9-29(19-27)45-23-25(31-11-1-3-13-33(31)45)21-43-15-17-44(18-16-43)22-26-24-46(34-14-4-2-12-32(26)34)30-10-6-8-28(20-30)36(40,41)42/h1-14,19-20,23-24H,15-18,21-22H2. The molecule has 0 N–H and O–H groups in total. The minimum atomic E-state index is -4.42. The predicted molar refractivity (Wildman–Crippen MR) is 167 cm³/mol. The first-order chi connectivity index (χ1) is 22.0. The van der Waals surface area contributed by atoms with Gasteiger partial charge in [-0.05, 0) is 59.7 Å². The number of nitrogens with zero attached hydrogens (tertiary/aromatic N) is 4. The van der Waals surface area contributed by atoms with Gasteiger partial charge in [-0.1, -0.05) is 48.5 Å². The van der Waals surface area contributed by atoms with E-state index >= 15 is 0 Å². The Morgan fingerprint density at radius 1 is 0.478 bits per heavy atom. The van der Waals surface area contributed by atoms with Crippen LogP contribution < -0.4 is 0 Å². The fraction of sp³-hybridized carbons (Fsp3) is 0.222. The zero-order valence-corrected chi connectivity index (χ0v) is 24.7. The minimum absolute atomic E-state index is 0.464. The van der Waals surface area contributed by atoms with E-state index in [0.717, 1.165) is 71.2 Å². The summed E-state index contributed by atoms with van der Waals surface area (Å²) >= 11 is 0. The van der Waals surface area contributed by atoms with Crippen LogP contribution in [0.4, 0.5) is 26.3 Å². The largest absolute Gasteiger partial charge is 0.416 e. The molecule has 2 aromatic heterocycles.